The zero-order valence-corrected chi connectivity index (χ0v) is 11.7. The molecule has 0 rings (SSSR count). The van der Waals surface area contributed by atoms with Gasteiger partial charge in [-0.2, -0.15) is 0 Å². The van der Waals surface area contributed by atoms with Gasteiger partial charge in [0.05, 0.1) is 6.61 Å². The third-order valence-electron chi connectivity index (χ3n) is 2.73. The number of hydrogen-bond donors (Lipinski definition) is 2. The zero-order valence-electron chi connectivity index (χ0n) is 11.7. The van der Waals surface area contributed by atoms with Gasteiger partial charge in [-0.05, 0) is 11.8 Å². The van der Waals surface area contributed by atoms with E-state index in [0.29, 0.717) is 19.6 Å². The topological polar surface area (TPSA) is 64.3 Å². The minimum atomic E-state index is -0.108. The van der Waals surface area contributed by atoms with Crippen molar-refractivity contribution in [3.05, 3.63) is 0 Å². The molecule has 4 nitrogen and oxygen atoms in total. The molecule has 0 saturated carbocycles. The molecule has 4 heteroatoms. The fraction of sp³-hybridized carbons (Fsp3) is 0.923. The second-order valence-electron chi connectivity index (χ2n) is 5.49. The normalized spacial score (nSPS) is 13.5. The van der Waals surface area contributed by atoms with Gasteiger partial charge < -0.3 is 15.8 Å². The van der Waals surface area contributed by atoms with Crippen molar-refractivity contribution in [2.75, 3.05) is 19.8 Å². The van der Waals surface area contributed by atoms with Crippen molar-refractivity contribution in [1.82, 2.24) is 5.32 Å². The first-order chi connectivity index (χ1) is 7.88. The molecule has 0 aliphatic carbocycles. The van der Waals surface area contributed by atoms with Crippen molar-refractivity contribution in [3.8, 4) is 0 Å². The Morgan fingerprint density at radius 1 is 1.35 bits per heavy atom. The third kappa shape index (κ3) is 9.12. The average molecular weight is 244 g/mol. The molecule has 0 aliphatic rings. The van der Waals surface area contributed by atoms with Crippen molar-refractivity contribution in [2.45, 2.75) is 53.0 Å². The highest BCUT2D eigenvalue weighted by Crippen LogP contribution is 2.19. The third-order valence-corrected chi connectivity index (χ3v) is 2.73. The van der Waals surface area contributed by atoms with Crippen LogP contribution in [0.2, 0.25) is 0 Å². The lowest BCUT2D eigenvalue weighted by atomic mass is 9.85. The van der Waals surface area contributed by atoms with Gasteiger partial charge in [0.2, 0.25) is 5.91 Å². The van der Waals surface area contributed by atoms with E-state index in [-0.39, 0.29) is 17.4 Å². The summed E-state index contributed by atoms with van der Waals surface area (Å²) < 4.78 is 5.35. The molecule has 0 aromatic heterocycles. The Labute approximate surface area is 105 Å². The summed E-state index contributed by atoms with van der Waals surface area (Å²) in [5, 5.41) is 2.82. The number of rotatable bonds is 8. The van der Waals surface area contributed by atoms with E-state index in [2.05, 4.69) is 12.2 Å². The minimum absolute atomic E-state index is 0.00603. The van der Waals surface area contributed by atoms with Crippen LogP contribution in [0.4, 0.5) is 0 Å². The van der Waals surface area contributed by atoms with Gasteiger partial charge in [0.25, 0.3) is 0 Å². The van der Waals surface area contributed by atoms with E-state index in [1.807, 2.05) is 20.8 Å². The van der Waals surface area contributed by atoms with Crippen molar-refractivity contribution in [2.24, 2.45) is 11.1 Å². The highest BCUT2D eigenvalue weighted by molar-refractivity contribution is 5.76. The van der Waals surface area contributed by atoms with Gasteiger partial charge in [0.1, 0.15) is 0 Å². The quantitative estimate of drug-likeness (QED) is 0.639. The molecule has 1 amide bonds. The maximum Gasteiger partial charge on any atom is 0.221 e. The summed E-state index contributed by atoms with van der Waals surface area (Å²) >= 11 is 0. The molecule has 0 spiro atoms. The minimum Gasteiger partial charge on any atom is -0.380 e. The second-order valence-corrected chi connectivity index (χ2v) is 5.49. The Kier molecular flexibility index (Phi) is 8.17. The highest BCUT2D eigenvalue weighted by Gasteiger charge is 2.22. The van der Waals surface area contributed by atoms with Crippen LogP contribution in [0.3, 0.4) is 0 Å². The monoisotopic (exact) mass is 244 g/mol. The average Bonchev–Trinajstić information content (AvgIpc) is 2.21. The first-order valence-electron chi connectivity index (χ1n) is 6.48. The fourth-order valence-electron chi connectivity index (χ4n) is 1.19. The van der Waals surface area contributed by atoms with Crippen LogP contribution in [0.25, 0.3) is 0 Å². The number of nitrogens with one attached hydrogen (secondary N) is 1. The zero-order chi connectivity index (χ0) is 13.3. The standard InChI is InChI=1S/C13H28N2O2/c1-5-6-8-17-9-7-15-12(16)10-11(14)13(2,3)4/h11H,5-10,14H2,1-4H3,(H,15,16). The predicted molar refractivity (Wildman–Crippen MR) is 70.8 cm³/mol. The van der Waals surface area contributed by atoms with Crippen LogP contribution in [-0.2, 0) is 9.53 Å². The van der Waals surface area contributed by atoms with Crippen LogP contribution in [0.15, 0.2) is 0 Å². The number of carbonyl (C=O) groups excluding carboxylic acids is 1. The Bertz CT molecular complexity index is 212. The van der Waals surface area contributed by atoms with Crippen molar-refractivity contribution >= 4 is 5.91 Å². The van der Waals surface area contributed by atoms with Crippen LogP contribution in [0.5, 0.6) is 0 Å². The maximum absolute atomic E-state index is 11.5. The molecule has 0 aliphatic heterocycles. The summed E-state index contributed by atoms with van der Waals surface area (Å²) in [5.41, 5.74) is 5.90. The van der Waals surface area contributed by atoms with Crippen molar-refractivity contribution in [3.63, 3.8) is 0 Å². The van der Waals surface area contributed by atoms with Gasteiger partial charge in [-0.25, -0.2) is 0 Å². The van der Waals surface area contributed by atoms with Gasteiger partial charge in [-0.15, -0.1) is 0 Å². The number of amides is 1. The molecule has 102 valence electrons. The molecule has 0 fully saturated rings. The van der Waals surface area contributed by atoms with E-state index >= 15 is 0 Å². The Balaban J connectivity index is 3.53. The largest absolute Gasteiger partial charge is 0.380 e. The molecule has 1 unspecified atom stereocenters. The molecule has 0 heterocycles. The number of hydrogen-bond acceptors (Lipinski definition) is 3. The van der Waals surface area contributed by atoms with Crippen LogP contribution < -0.4 is 11.1 Å². The van der Waals surface area contributed by atoms with E-state index in [1.165, 1.54) is 0 Å². The predicted octanol–water partition coefficient (Wildman–Crippen LogP) is 1.68. The van der Waals surface area contributed by atoms with Crippen LogP contribution in [0.1, 0.15) is 47.0 Å². The van der Waals surface area contributed by atoms with E-state index in [0.717, 1.165) is 19.4 Å². The molecule has 3 N–H and O–H groups in total. The number of unbranched alkanes of at least 4 members (excludes halogenated alkanes) is 1. The molecule has 0 saturated heterocycles. The summed E-state index contributed by atoms with van der Waals surface area (Å²) in [7, 11) is 0. The summed E-state index contributed by atoms with van der Waals surface area (Å²) in [6.07, 6.45) is 2.58. The molecule has 17 heavy (non-hydrogen) atoms. The summed E-state index contributed by atoms with van der Waals surface area (Å²) in [5.74, 6) is 0.00603. The number of ether oxygens (including phenoxy) is 1. The lowest BCUT2D eigenvalue weighted by molar-refractivity contribution is -0.122. The van der Waals surface area contributed by atoms with Crippen molar-refractivity contribution in [1.29, 1.82) is 0 Å². The lowest BCUT2D eigenvalue weighted by Gasteiger charge is -2.26. The SMILES string of the molecule is CCCCOCCNC(=O)CC(N)C(C)(C)C. The first kappa shape index (κ1) is 16.4. The van der Waals surface area contributed by atoms with Gasteiger partial charge >= 0.3 is 0 Å². The summed E-state index contributed by atoms with van der Waals surface area (Å²) in [6, 6.07) is -0.108. The maximum atomic E-state index is 11.5. The molecule has 1 atom stereocenters. The first-order valence-corrected chi connectivity index (χ1v) is 6.48. The van der Waals surface area contributed by atoms with E-state index in [9.17, 15) is 4.79 Å². The van der Waals surface area contributed by atoms with Crippen LogP contribution in [0, 0.1) is 5.41 Å². The smallest absolute Gasteiger partial charge is 0.221 e. The number of carbonyl (C=O) groups is 1. The van der Waals surface area contributed by atoms with E-state index in [4.69, 9.17) is 10.5 Å². The highest BCUT2D eigenvalue weighted by atomic mass is 16.5. The summed E-state index contributed by atoms with van der Waals surface area (Å²) in [6.45, 7) is 10.2. The van der Waals surface area contributed by atoms with Crippen LogP contribution in [-0.4, -0.2) is 31.7 Å². The molecule has 0 aromatic carbocycles. The number of nitrogens with two attached hydrogens (primary N) is 1. The van der Waals surface area contributed by atoms with Crippen LogP contribution >= 0.6 is 0 Å². The van der Waals surface area contributed by atoms with Gasteiger partial charge in [-0.1, -0.05) is 34.1 Å². The Morgan fingerprint density at radius 2 is 2.00 bits per heavy atom. The van der Waals surface area contributed by atoms with Crippen molar-refractivity contribution < 1.29 is 9.53 Å². The van der Waals surface area contributed by atoms with E-state index < -0.39 is 0 Å². The molecule has 0 bridgehead atoms. The molecular formula is C13H28N2O2. The Morgan fingerprint density at radius 3 is 2.53 bits per heavy atom. The Hall–Kier alpha value is -0.610. The van der Waals surface area contributed by atoms with E-state index in [1.54, 1.807) is 0 Å². The lowest BCUT2D eigenvalue weighted by Crippen LogP contribution is -2.40. The van der Waals surface area contributed by atoms with Gasteiger partial charge in [0, 0.05) is 25.6 Å². The molecule has 0 aromatic rings. The molecular weight excluding hydrogens is 216 g/mol. The summed E-state index contributed by atoms with van der Waals surface area (Å²) in [4.78, 5) is 11.5. The second kappa shape index (κ2) is 8.48. The van der Waals surface area contributed by atoms with Gasteiger partial charge in [0.15, 0.2) is 0 Å². The van der Waals surface area contributed by atoms with Gasteiger partial charge in [-0.3, -0.25) is 4.79 Å². The fourth-order valence-corrected chi connectivity index (χ4v) is 1.19. The molecule has 0 radical (unpaired) electrons.